The fourth-order valence-corrected chi connectivity index (χ4v) is 1.60. The molecule has 4 heteroatoms. The Balaban J connectivity index is 2.19. The first-order valence-electron chi connectivity index (χ1n) is 5.54. The smallest absolute Gasteiger partial charge is 0.221 e. The van der Waals surface area contributed by atoms with Gasteiger partial charge in [0.05, 0.1) is 5.69 Å². The molecule has 2 N–H and O–H groups in total. The average Bonchev–Trinajstić information content (AvgIpc) is 2.32. The largest absolute Gasteiger partial charge is 0.353 e. The third-order valence-electron chi connectivity index (χ3n) is 2.34. The van der Waals surface area contributed by atoms with Gasteiger partial charge in [-0.3, -0.25) is 4.79 Å². The highest BCUT2D eigenvalue weighted by Gasteiger charge is 2.02. The molecule has 2 aromatic carbocycles. The van der Waals surface area contributed by atoms with E-state index in [1.165, 1.54) is 13.0 Å². The maximum atomic E-state index is 13.5. The molecule has 0 unspecified atom stereocenters. The highest BCUT2D eigenvalue weighted by atomic mass is 19.1. The number of rotatable bonds is 3. The standard InChI is InChI=1S/C14H13FN2O/c1-10(18)16-11-5-4-6-12(9-11)17-14-8-3-2-7-13(14)15/h2-9,17H,1H3,(H,16,18). The Morgan fingerprint density at radius 2 is 1.78 bits per heavy atom. The van der Waals surface area contributed by atoms with E-state index in [-0.39, 0.29) is 11.7 Å². The van der Waals surface area contributed by atoms with E-state index in [4.69, 9.17) is 0 Å². The number of carbonyl (C=O) groups excluding carboxylic acids is 1. The quantitative estimate of drug-likeness (QED) is 0.867. The molecule has 0 radical (unpaired) electrons. The van der Waals surface area contributed by atoms with Gasteiger partial charge in [-0.2, -0.15) is 0 Å². The first kappa shape index (κ1) is 12.1. The third-order valence-corrected chi connectivity index (χ3v) is 2.34. The Labute approximate surface area is 105 Å². The van der Waals surface area contributed by atoms with Gasteiger partial charge in [-0.15, -0.1) is 0 Å². The summed E-state index contributed by atoms with van der Waals surface area (Å²) in [5, 5.41) is 5.63. The summed E-state index contributed by atoms with van der Waals surface area (Å²) in [5.41, 5.74) is 1.78. The molecule has 0 heterocycles. The molecular formula is C14H13FN2O. The molecule has 0 atom stereocenters. The number of hydrogen-bond donors (Lipinski definition) is 2. The maximum Gasteiger partial charge on any atom is 0.221 e. The van der Waals surface area contributed by atoms with Gasteiger partial charge >= 0.3 is 0 Å². The molecule has 0 bridgehead atoms. The summed E-state index contributed by atoms with van der Waals surface area (Å²) in [6.45, 7) is 1.44. The lowest BCUT2D eigenvalue weighted by Crippen LogP contribution is -2.05. The maximum absolute atomic E-state index is 13.5. The van der Waals surface area contributed by atoms with Crippen LogP contribution in [0.25, 0.3) is 0 Å². The van der Waals surface area contributed by atoms with Crippen molar-refractivity contribution in [1.29, 1.82) is 0 Å². The van der Waals surface area contributed by atoms with Crippen molar-refractivity contribution < 1.29 is 9.18 Å². The van der Waals surface area contributed by atoms with Gasteiger partial charge in [-0.05, 0) is 30.3 Å². The molecule has 0 spiro atoms. The lowest BCUT2D eigenvalue weighted by Gasteiger charge is -2.09. The molecule has 92 valence electrons. The van der Waals surface area contributed by atoms with Crippen LogP contribution in [0.15, 0.2) is 48.5 Å². The summed E-state index contributed by atoms with van der Waals surface area (Å²) in [6, 6.07) is 13.5. The number of carbonyl (C=O) groups is 1. The minimum Gasteiger partial charge on any atom is -0.353 e. The summed E-state index contributed by atoms with van der Waals surface area (Å²) < 4.78 is 13.5. The number of nitrogens with one attached hydrogen (secondary N) is 2. The molecule has 0 saturated heterocycles. The van der Waals surface area contributed by atoms with Crippen molar-refractivity contribution >= 4 is 23.0 Å². The SMILES string of the molecule is CC(=O)Nc1cccc(Nc2ccccc2F)c1. The first-order chi connectivity index (χ1) is 8.65. The van der Waals surface area contributed by atoms with Crippen molar-refractivity contribution in [3.05, 3.63) is 54.3 Å². The Morgan fingerprint density at radius 1 is 1.06 bits per heavy atom. The number of para-hydroxylation sites is 1. The summed E-state index contributed by atoms with van der Waals surface area (Å²) in [6.07, 6.45) is 0. The van der Waals surface area contributed by atoms with Crippen LogP contribution in [0.4, 0.5) is 21.5 Å². The molecule has 0 fully saturated rings. The van der Waals surface area contributed by atoms with Gasteiger partial charge in [0.15, 0.2) is 0 Å². The van der Waals surface area contributed by atoms with Gasteiger partial charge in [-0.25, -0.2) is 4.39 Å². The van der Waals surface area contributed by atoms with Crippen LogP contribution in [0.2, 0.25) is 0 Å². The second kappa shape index (κ2) is 5.31. The number of hydrogen-bond acceptors (Lipinski definition) is 2. The normalized spacial score (nSPS) is 9.89. The number of halogens is 1. The van der Waals surface area contributed by atoms with Crippen LogP contribution < -0.4 is 10.6 Å². The molecule has 0 aliphatic rings. The molecule has 0 saturated carbocycles. The topological polar surface area (TPSA) is 41.1 Å². The first-order valence-corrected chi connectivity index (χ1v) is 5.54. The van der Waals surface area contributed by atoms with Crippen LogP contribution in [0, 0.1) is 5.82 Å². The lowest BCUT2D eigenvalue weighted by atomic mass is 10.2. The van der Waals surface area contributed by atoms with E-state index in [1.807, 2.05) is 0 Å². The van der Waals surface area contributed by atoms with E-state index in [0.717, 1.165) is 0 Å². The van der Waals surface area contributed by atoms with E-state index in [1.54, 1.807) is 42.5 Å². The minimum absolute atomic E-state index is 0.141. The Bertz CT molecular complexity index is 569. The van der Waals surface area contributed by atoms with Crippen molar-refractivity contribution in [1.82, 2.24) is 0 Å². The average molecular weight is 244 g/mol. The van der Waals surface area contributed by atoms with E-state index in [9.17, 15) is 9.18 Å². The van der Waals surface area contributed by atoms with Crippen molar-refractivity contribution in [2.24, 2.45) is 0 Å². The number of amides is 1. The van der Waals surface area contributed by atoms with E-state index < -0.39 is 0 Å². The van der Waals surface area contributed by atoms with Crippen LogP contribution in [-0.2, 0) is 4.79 Å². The fourth-order valence-electron chi connectivity index (χ4n) is 1.60. The lowest BCUT2D eigenvalue weighted by molar-refractivity contribution is -0.114. The van der Waals surface area contributed by atoms with Crippen molar-refractivity contribution in [2.45, 2.75) is 6.92 Å². The van der Waals surface area contributed by atoms with Crippen LogP contribution in [-0.4, -0.2) is 5.91 Å². The zero-order valence-electron chi connectivity index (χ0n) is 9.91. The fraction of sp³-hybridized carbons (Fsp3) is 0.0714. The summed E-state index contributed by atoms with van der Waals surface area (Å²) >= 11 is 0. The number of anilines is 3. The zero-order valence-corrected chi connectivity index (χ0v) is 9.91. The van der Waals surface area contributed by atoms with Gasteiger partial charge in [0.2, 0.25) is 5.91 Å². The van der Waals surface area contributed by atoms with Gasteiger partial charge in [0, 0.05) is 18.3 Å². The molecule has 1 amide bonds. The molecule has 2 aromatic rings. The molecular weight excluding hydrogens is 231 g/mol. The highest BCUT2D eigenvalue weighted by molar-refractivity contribution is 5.89. The summed E-state index contributed by atoms with van der Waals surface area (Å²) in [4.78, 5) is 10.9. The summed E-state index contributed by atoms with van der Waals surface area (Å²) in [7, 11) is 0. The Morgan fingerprint density at radius 3 is 2.50 bits per heavy atom. The second-order valence-electron chi connectivity index (χ2n) is 3.87. The predicted octanol–water partition coefficient (Wildman–Crippen LogP) is 3.53. The molecule has 0 aliphatic carbocycles. The summed E-state index contributed by atoms with van der Waals surface area (Å²) in [5.74, 6) is -0.458. The Kier molecular flexibility index (Phi) is 3.57. The monoisotopic (exact) mass is 244 g/mol. The molecule has 0 aliphatic heterocycles. The van der Waals surface area contributed by atoms with Crippen molar-refractivity contribution in [3.63, 3.8) is 0 Å². The van der Waals surface area contributed by atoms with Crippen LogP contribution in [0.1, 0.15) is 6.92 Å². The minimum atomic E-state index is -0.317. The van der Waals surface area contributed by atoms with E-state index >= 15 is 0 Å². The van der Waals surface area contributed by atoms with Gasteiger partial charge in [0.25, 0.3) is 0 Å². The zero-order chi connectivity index (χ0) is 13.0. The Hall–Kier alpha value is -2.36. The third kappa shape index (κ3) is 3.07. The molecule has 3 nitrogen and oxygen atoms in total. The van der Waals surface area contributed by atoms with Crippen LogP contribution in [0.5, 0.6) is 0 Å². The predicted molar refractivity (Wildman–Crippen MR) is 70.4 cm³/mol. The van der Waals surface area contributed by atoms with Crippen molar-refractivity contribution in [3.8, 4) is 0 Å². The van der Waals surface area contributed by atoms with Gasteiger partial charge < -0.3 is 10.6 Å². The van der Waals surface area contributed by atoms with Gasteiger partial charge in [-0.1, -0.05) is 18.2 Å². The molecule has 18 heavy (non-hydrogen) atoms. The number of benzene rings is 2. The van der Waals surface area contributed by atoms with E-state index in [0.29, 0.717) is 17.1 Å². The van der Waals surface area contributed by atoms with Crippen molar-refractivity contribution in [2.75, 3.05) is 10.6 Å². The second-order valence-corrected chi connectivity index (χ2v) is 3.87. The molecule has 0 aromatic heterocycles. The molecule has 2 rings (SSSR count). The van der Waals surface area contributed by atoms with E-state index in [2.05, 4.69) is 10.6 Å². The van der Waals surface area contributed by atoms with Gasteiger partial charge in [0.1, 0.15) is 5.82 Å². The van der Waals surface area contributed by atoms with Crippen LogP contribution >= 0.6 is 0 Å². The highest BCUT2D eigenvalue weighted by Crippen LogP contribution is 2.21. The van der Waals surface area contributed by atoms with Crippen LogP contribution in [0.3, 0.4) is 0 Å².